The van der Waals surface area contributed by atoms with Gasteiger partial charge in [0, 0.05) is 18.8 Å². The molecule has 1 fully saturated rings. The molecule has 0 amide bonds. The van der Waals surface area contributed by atoms with Crippen molar-refractivity contribution in [1.82, 2.24) is 4.31 Å². The zero-order valence-electron chi connectivity index (χ0n) is 11.9. The minimum absolute atomic E-state index is 0.0502. The fraction of sp³-hybridized carbons (Fsp3) is 0.571. The van der Waals surface area contributed by atoms with Gasteiger partial charge in [0.05, 0.1) is 11.0 Å². The second kappa shape index (κ2) is 5.71. The first-order valence-corrected chi connectivity index (χ1v) is 8.37. The number of sulfonamides is 1. The first-order valence-electron chi connectivity index (χ1n) is 6.93. The number of aliphatic hydroxyl groups is 1. The van der Waals surface area contributed by atoms with Crippen LogP contribution in [-0.4, -0.2) is 37.0 Å². The summed E-state index contributed by atoms with van der Waals surface area (Å²) < 4.78 is 26.6. The Bertz CT molecular complexity index is 586. The van der Waals surface area contributed by atoms with Gasteiger partial charge < -0.3 is 10.8 Å². The number of benzene rings is 1. The molecule has 112 valence electrons. The summed E-state index contributed by atoms with van der Waals surface area (Å²) in [6.07, 6.45) is 0.830. The van der Waals surface area contributed by atoms with E-state index >= 15 is 0 Å². The van der Waals surface area contributed by atoms with Crippen LogP contribution in [0.5, 0.6) is 0 Å². The van der Waals surface area contributed by atoms with E-state index in [9.17, 15) is 13.5 Å². The number of aliphatic hydroxyl groups excluding tert-OH is 1. The minimum Gasteiger partial charge on any atom is -0.398 e. The van der Waals surface area contributed by atoms with Gasteiger partial charge in [0.1, 0.15) is 0 Å². The number of nitrogens with zero attached hydrogens (tertiary/aromatic N) is 1. The molecule has 0 aliphatic carbocycles. The highest BCUT2D eigenvalue weighted by Crippen LogP contribution is 2.26. The Morgan fingerprint density at radius 2 is 2.15 bits per heavy atom. The molecular weight excluding hydrogens is 276 g/mol. The summed E-state index contributed by atoms with van der Waals surface area (Å²) in [7, 11) is -3.52. The van der Waals surface area contributed by atoms with Crippen molar-refractivity contribution in [1.29, 1.82) is 0 Å². The molecule has 5 nitrogen and oxygen atoms in total. The molecule has 0 bridgehead atoms. The van der Waals surface area contributed by atoms with E-state index < -0.39 is 16.1 Å². The Morgan fingerprint density at radius 3 is 2.70 bits per heavy atom. The quantitative estimate of drug-likeness (QED) is 0.822. The van der Waals surface area contributed by atoms with E-state index in [-0.39, 0.29) is 10.8 Å². The van der Waals surface area contributed by atoms with Gasteiger partial charge in [0.2, 0.25) is 10.0 Å². The van der Waals surface area contributed by atoms with Gasteiger partial charge >= 0.3 is 0 Å². The number of piperidine rings is 1. The van der Waals surface area contributed by atoms with Crippen LogP contribution >= 0.6 is 0 Å². The van der Waals surface area contributed by atoms with Gasteiger partial charge in [-0.15, -0.1) is 0 Å². The summed E-state index contributed by atoms with van der Waals surface area (Å²) in [5.74, 6) is -0.0502. The summed E-state index contributed by atoms with van der Waals surface area (Å²) in [6.45, 7) is 4.54. The Labute approximate surface area is 120 Å². The van der Waals surface area contributed by atoms with E-state index in [0.717, 1.165) is 12.0 Å². The molecule has 1 heterocycles. The van der Waals surface area contributed by atoms with Crippen molar-refractivity contribution in [3.8, 4) is 0 Å². The molecule has 0 radical (unpaired) electrons. The van der Waals surface area contributed by atoms with Gasteiger partial charge in [-0.05, 0) is 36.5 Å². The van der Waals surface area contributed by atoms with Gasteiger partial charge in [-0.2, -0.15) is 4.31 Å². The number of nitrogens with two attached hydrogens (primary N) is 1. The van der Waals surface area contributed by atoms with Crippen molar-refractivity contribution in [2.24, 2.45) is 5.92 Å². The topological polar surface area (TPSA) is 83.6 Å². The maximum atomic E-state index is 12.6. The zero-order chi connectivity index (χ0) is 14.9. The maximum Gasteiger partial charge on any atom is 0.243 e. The predicted molar refractivity (Wildman–Crippen MR) is 78.8 cm³/mol. The summed E-state index contributed by atoms with van der Waals surface area (Å²) in [4.78, 5) is 0.232. The first kappa shape index (κ1) is 15.3. The molecule has 0 aromatic heterocycles. The molecule has 1 aliphatic rings. The minimum atomic E-state index is -3.52. The molecule has 2 unspecified atom stereocenters. The van der Waals surface area contributed by atoms with E-state index in [1.807, 2.05) is 13.8 Å². The zero-order valence-corrected chi connectivity index (χ0v) is 12.7. The Balaban J connectivity index is 2.29. The van der Waals surface area contributed by atoms with Gasteiger partial charge in [0.15, 0.2) is 0 Å². The highest BCUT2D eigenvalue weighted by atomic mass is 32.2. The summed E-state index contributed by atoms with van der Waals surface area (Å²) in [5.41, 5.74) is 7.35. The number of hydrogen-bond acceptors (Lipinski definition) is 4. The van der Waals surface area contributed by atoms with Crippen molar-refractivity contribution in [3.63, 3.8) is 0 Å². The number of hydrogen-bond donors (Lipinski definition) is 2. The van der Waals surface area contributed by atoms with Crippen molar-refractivity contribution >= 4 is 15.7 Å². The fourth-order valence-electron chi connectivity index (χ4n) is 2.52. The average molecular weight is 298 g/mol. The lowest BCUT2D eigenvalue weighted by atomic mass is 9.99. The number of nitrogen functional groups attached to an aromatic ring is 1. The molecule has 20 heavy (non-hydrogen) atoms. The van der Waals surface area contributed by atoms with Crippen LogP contribution in [0.15, 0.2) is 23.1 Å². The fourth-order valence-corrected chi connectivity index (χ4v) is 4.11. The lowest BCUT2D eigenvalue weighted by Crippen LogP contribution is -2.44. The van der Waals surface area contributed by atoms with Crippen molar-refractivity contribution in [3.05, 3.63) is 23.8 Å². The maximum absolute atomic E-state index is 12.6. The Hall–Kier alpha value is -1.11. The summed E-state index contributed by atoms with van der Waals surface area (Å²) >= 11 is 0. The molecule has 1 aromatic rings. The molecule has 2 atom stereocenters. The van der Waals surface area contributed by atoms with E-state index in [2.05, 4.69) is 0 Å². The second-order valence-corrected chi connectivity index (χ2v) is 7.35. The molecule has 2 rings (SSSR count). The van der Waals surface area contributed by atoms with Crippen LogP contribution < -0.4 is 5.73 Å². The lowest BCUT2D eigenvalue weighted by molar-refractivity contribution is 0.0628. The molecule has 0 spiro atoms. The predicted octanol–water partition coefficient (Wildman–Crippen LogP) is 1.22. The van der Waals surface area contributed by atoms with Crippen LogP contribution in [0.2, 0.25) is 0 Å². The molecule has 1 aliphatic heterocycles. The summed E-state index contributed by atoms with van der Waals surface area (Å²) in [6, 6.07) is 4.91. The van der Waals surface area contributed by atoms with Crippen LogP contribution in [0.1, 0.15) is 25.8 Å². The number of anilines is 1. The Kier molecular flexibility index (Phi) is 4.36. The molecule has 6 heteroatoms. The Morgan fingerprint density at radius 1 is 1.45 bits per heavy atom. The smallest absolute Gasteiger partial charge is 0.243 e. The van der Waals surface area contributed by atoms with E-state index in [1.54, 1.807) is 12.1 Å². The van der Waals surface area contributed by atoms with Gasteiger partial charge in [-0.1, -0.05) is 19.9 Å². The van der Waals surface area contributed by atoms with Gasteiger partial charge in [0.25, 0.3) is 0 Å². The molecular formula is C14H22N2O3S. The highest BCUT2D eigenvalue weighted by molar-refractivity contribution is 7.89. The molecule has 3 N–H and O–H groups in total. The van der Waals surface area contributed by atoms with Crippen LogP contribution in [0.25, 0.3) is 0 Å². The third-order valence-corrected chi connectivity index (χ3v) is 5.82. The van der Waals surface area contributed by atoms with E-state index in [1.165, 1.54) is 10.4 Å². The van der Waals surface area contributed by atoms with Crippen molar-refractivity contribution < 1.29 is 13.5 Å². The number of aryl methyl sites for hydroxylation is 1. The van der Waals surface area contributed by atoms with Crippen molar-refractivity contribution in [2.75, 3.05) is 18.8 Å². The third kappa shape index (κ3) is 2.82. The van der Waals surface area contributed by atoms with Crippen molar-refractivity contribution in [2.45, 2.75) is 37.7 Å². The van der Waals surface area contributed by atoms with Gasteiger partial charge in [-0.25, -0.2) is 8.42 Å². The van der Waals surface area contributed by atoms with E-state index in [4.69, 9.17) is 5.73 Å². The summed E-state index contributed by atoms with van der Waals surface area (Å²) in [5, 5.41) is 9.70. The van der Waals surface area contributed by atoms with E-state index in [0.29, 0.717) is 25.2 Å². The SMILES string of the molecule is CCc1ccc(S(=O)(=O)N2CCC(O)C(C)C2)cc1N. The molecule has 1 saturated heterocycles. The first-order chi connectivity index (χ1) is 9.36. The van der Waals surface area contributed by atoms with Gasteiger partial charge in [-0.3, -0.25) is 0 Å². The van der Waals surface area contributed by atoms with Crippen LogP contribution in [0.4, 0.5) is 5.69 Å². The standard InChI is InChI=1S/C14H22N2O3S/c1-3-11-4-5-12(8-13(11)15)20(18,19)16-7-6-14(17)10(2)9-16/h4-5,8,10,14,17H,3,6-7,9,15H2,1-2H3. The lowest BCUT2D eigenvalue weighted by Gasteiger charge is -2.33. The monoisotopic (exact) mass is 298 g/mol. The number of rotatable bonds is 3. The third-order valence-electron chi connectivity index (χ3n) is 3.96. The molecule has 0 saturated carbocycles. The van der Waals surface area contributed by atoms with Crippen LogP contribution in [0.3, 0.4) is 0 Å². The largest absolute Gasteiger partial charge is 0.398 e. The van der Waals surface area contributed by atoms with Crippen LogP contribution in [-0.2, 0) is 16.4 Å². The normalized spacial score (nSPS) is 24.8. The molecule has 1 aromatic carbocycles. The average Bonchev–Trinajstić information content (AvgIpc) is 2.41. The highest BCUT2D eigenvalue weighted by Gasteiger charge is 2.32. The second-order valence-electron chi connectivity index (χ2n) is 5.41. The van der Waals surface area contributed by atoms with Crippen LogP contribution in [0, 0.1) is 5.92 Å².